The van der Waals surface area contributed by atoms with Crippen molar-refractivity contribution < 1.29 is 13.9 Å². The molecule has 3 aromatic rings. The van der Waals surface area contributed by atoms with E-state index in [2.05, 4.69) is 15.3 Å². The van der Waals surface area contributed by atoms with E-state index in [1.54, 1.807) is 36.4 Å². The van der Waals surface area contributed by atoms with Gasteiger partial charge in [0.1, 0.15) is 11.6 Å². The van der Waals surface area contributed by atoms with Gasteiger partial charge >= 0.3 is 5.69 Å². The highest BCUT2D eigenvalue weighted by molar-refractivity contribution is 6.30. The van der Waals surface area contributed by atoms with Gasteiger partial charge in [0.2, 0.25) is 5.91 Å². The molecule has 2 unspecified atom stereocenters. The Labute approximate surface area is 220 Å². The van der Waals surface area contributed by atoms with Crippen LogP contribution in [0.2, 0.25) is 5.02 Å². The minimum Gasteiger partial charge on any atom is -0.378 e. The van der Waals surface area contributed by atoms with E-state index < -0.39 is 5.69 Å². The molecule has 10 heteroatoms. The van der Waals surface area contributed by atoms with Gasteiger partial charge in [0.05, 0.1) is 31.0 Å². The average Bonchev–Trinajstić information content (AvgIpc) is 3.27. The second-order valence-corrected chi connectivity index (χ2v) is 10.4. The zero-order valence-corrected chi connectivity index (χ0v) is 21.7. The van der Waals surface area contributed by atoms with Crippen LogP contribution in [-0.2, 0) is 22.4 Å². The molecule has 1 N–H and O–H groups in total. The SMILES string of the molecule is CC(C)NC(=O)Cc1nn(-c2ccc(CCN3C4CCC3COC4)c(F)c2)c(=O)n1-c1cccc(Cl)c1. The minimum atomic E-state index is -0.508. The van der Waals surface area contributed by atoms with Crippen LogP contribution in [0.25, 0.3) is 11.4 Å². The molecule has 0 spiro atoms. The van der Waals surface area contributed by atoms with E-state index in [1.165, 1.54) is 10.6 Å². The van der Waals surface area contributed by atoms with Crippen LogP contribution in [-0.4, -0.2) is 63.0 Å². The van der Waals surface area contributed by atoms with Gasteiger partial charge in [-0.25, -0.2) is 13.8 Å². The Kier molecular flexibility index (Phi) is 7.46. The Hall–Kier alpha value is -3.01. The van der Waals surface area contributed by atoms with Crippen LogP contribution in [0.1, 0.15) is 38.1 Å². The summed E-state index contributed by atoms with van der Waals surface area (Å²) < 4.78 is 23.3. The number of aromatic nitrogens is 3. The van der Waals surface area contributed by atoms with Crippen molar-refractivity contribution in [1.29, 1.82) is 0 Å². The topological polar surface area (TPSA) is 81.4 Å². The highest BCUT2D eigenvalue weighted by Gasteiger charge is 2.36. The van der Waals surface area contributed by atoms with Gasteiger partial charge in [0, 0.05) is 35.8 Å². The number of ether oxygens (including phenoxy) is 1. The fourth-order valence-electron chi connectivity index (χ4n) is 5.28. The zero-order valence-electron chi connectivity index (χ0n) is 21.0. The number of rotatable bonds is 8. The largest absolute Gasteiger partial charge is 0.378 e. The van der Waals surface area contributed by atoms with Gasteiger partial charge < -0.3 is 10.1 Å². The number of amides is 1. The van der Waals surface area contributed by atoms with Crippen molar-refractivity contribution in [3.05, 3.63) is 75.2 Å². The molecule has 1 amide bonds. The molecule has 2 bridgehead atoms. The molecule has 2 aliphatic heterocycles. The molecule has 0 radical (unpaired) electrons. The summed E-state index contributed by atoms with van der Waals surface area (Å²) in [6.07, 6.45) is 2.71. The standard InChI is InChI=1S/C27H31ClFN5O3/c1-17(2)30-26(35)14-25-31-34(27(36)33(25)20-5-3-4-19(28)12-20)21-7-6-18(24(29)13-21)10-11-32-22-8-9-23(32)16-37-15-22/h3-7,12-13,17,22-23H,8-11,14-16H2,1-2H3,(H,30,35). The lowest BCUT2D eigenvalue weighted by Gasteiger charge is -2.34. The monoisotopic (exact) mass is 527 g/mol. The molecule has 2 saturated heterocycles. The molecule has 1 aromatic heterocycles. The predicted molar refractivity (Wildman–Crippen MR) is 139 cm³/mol. The number of nitrogens with one attached hydrogen (secondary N) is 1. The van der Waals surface area contributed by atoms with Gasteiger partial charge in [0.15, 0.2) is 0 Å². The lowest BCUT2D eigenvalue weighted by Crippen LogP contribution is -2.46. The summed E-state index contributed by atoms with van der Waals surface area (Å²) >= 11 is 6.16. The Balaban J connectivity index is 1.42. The normalized spacial score (nSPS) is 19.5. The third kappa shape index (κ3) is 5.49. The fraction of sp³-hybridized carbons (Fsp3) is 0.444. The number of carbonyl (C=O) groups excluding carboxylic acids is 1. The smallest absolute Gasteiger partial charge is 0.355 e. The summed E-state index contributed by atoms with van der Waals surface area (Å²) in [5.74, 6) is -0.423. The molecule has 2 atom stereocenters. The summed E-state index contributed by atoms with van der Waals surface area (Å²) in [7, 11) is 0. The van der Waals surface area contributed by atoms with Crippen molar-refractivity contribution in [1.82, 2.24) is 24.6 Å². The quantitative estimate of drug-likeness (QED) is 0.486. The average molecular weight is 528 g/mol. The van der Waals surface area contributed by atoms with Crippen LogP contribution in [0, 0.1) is 5.82 Å². The van der Waals surface area contributed by atoms with Crippen molar-refractivity contribution in [3.8, 4) is 11.4 Å². The third-order valence-corrected chi connectivity index (χ3v) is 7.23. The third-order valence-electron chi connectivity index (χ3n) is 6.99. The predicted octanol–water partition coefficient (Wildman–Crippen LogP) is 3.29. The summed E-state index contributed by atoms with van der Waals surface area (Å²) in [4.78, 5) is 28.4. The number of carbonyl (C=O) groups is 1. The number of hydrogen-bond acceptors (Lipinski definition) is 5. The number of nitrogens with zero attached hydrogens (tertiary/aromatic N) is 4. The molecular weight excluding hydrogens is 497 g/mol. The first-order valence-corrected chi connectivity index (χ1v) is 13.1. The molecule has 2 fully saturated rings. The molecule has 37 heavy (non-hydrogen) atoms. The molecule has 0 aliphatic carbocycles. The van der Waals surface area contributed by atoms with Crippen LogP contribution in [0.15, 0.2) is 47.3 Å². The molecule has 2 aliphatic rings. The number of benzene rings is 2. The summed E-state index contributed by atoms with van der Waals surface area (Å²) in [6, 6.07) is 12.3. The van der Waals surface area contributed by atoms with Gasteiger partial charge in [-0.05, 0) is 62.9 Å². The number of morpholine rings is 1. The lowest BCUT2D eigenvalue weighted by atomic mass is 10.1. The molecule has 8 nitrogen and oxygen atoms in total. The van der Waals surface area contributed by atoms with Crippen LogP contribution in [0.3, 0.4) is 0 Å². The molecule has 3 heterocycles. The van der Waals surface area contributed by atoms with Crippen molar-refractivity contribution in [3.63, 3.8) is 0 Å². The Morgan fingerprint density at radius 2 is 1.92 bits per heavy atom. The van der Waals surface area contributed by atoms with Crippen molar-refractivity contribution >= 4 is 17.5 Å². The summed E-state index contributed by atoms with van der Waals surface area (Å²) in [5.41, 5.74) is 0.859. The first-order chi connectivity index (χ1) is 17.8. The Bertz CT molecular complexity index is 1340. The maximum atomic E-state index is 15.2. The van der Waals surface area contributed by atoms with E-state index in [0.29, 0.717) is 40.5 Å². The van der Waals surface area contributed by atoms with Crippen LogP contribution in [0.5, 0.6) is 0 Å². The van der Waals surface area contributed by atoms with E-state index in [0.717, 1.165) is 37.3 Å². The van der Waals surface area contributed by atoms with Crippen LogP contribution < -0.4 is 11.0 Å². The molecule has 5 rings (SSSR count). The number of halogens is 2. The van der Waals surface area contributed by atoms with E-state index in [4.69, 9.17) is 16.3 Å². The van der Waals surface area contributed by atoms with E-state index in [9.17, 15) is 9.59 Å². The van der Waals surface area contributed by atoms with Gasteiger partial charge in [-0.15, -0.1) is 5.10 Å². The summed E-state index contributed by atoms with van der Waals surface area (Å²) in [5, 5.41) is 7.69. The van der Waals surface area contributed by atoms with Crippen LogP contribution in [0.4, 0.5) is 4.39 Å². The molecule has 196 valence electrons. The maximum Gasteiger partial charge on any atom is 0.355 e. The van der Waals surface area contributed by atoms with Gasteiger partial charge in [0.25, 0.3) is 0 Å². The van der Waals surface area contributed by atoms with Gasteiger partial charge in [-0.3, -0.25) is 9.69 Å². The number of hydrogen-bond donors (Lipinski definition) is 1. The van der Waals surface area contributed by atoms with Crippen molar-refractivity contribution in [2.45, 2.75) is 57.7 Å². The minimum absolute atomic E-state index is 0.0600. The van der Waals surface area contributed by atoms with Gasteiger partial charge in [-0.2, -0.15) is 4.68 Å². The molecular formula is C27H31ClFN5O3. The van der Waals surface area contributed by atoms with E-state index in [1.807, 2.05) is 13.8 Å². The lowest BCUT2D eigenvalue weighted by molar-refractivity contribution is -0.121. The molecule has 0 saturated carbocycles. The van der Waals surface area contributed by atoms with E-state index in [-0.39, 0.29) is 30.0 Å². The highest BCUT2D eigenvalue weighted by atomic mass is 35.5. The first kappa shape index (κ1) is 25.6. The summed E-state index contributed by atoms with van der Waals surface area (Å²) in [6.45, 7) is 5.97. The van der Waals surface area contributed by atoms with E-state index >= 15 is 4.39 Å². The number of fused-ring (bicyclic) bond motifs is 2. The maximum absolute atomic E-state index is 15.2. The van der Waals surface area contributed by atoms with Crippen molar-refractivity contribution in [2.24, 2.45) is 0 Å². The molecule has 2 aromatic carbocycles. The zero-order chi connectivity index (χ0) is 26.1. The van der Waals surface area contributed by atoms with Gasteiger partial charge in [-0.1, -0.05) is 23.7 Å². The second kappa shape index (κ2) is 10.8. The Morgan fingerprint density at radius 1 is 1.16 bits per heavy atom. The van der Waals surface area contributed by atoms with Crippen molar-refractivity contribution in [2.75, 3.05) is 19.8 Å². The highest BCUT2D eigenvalue weighted by Crippen LogP contribution is 2.29. The first-order valence-electron chi connectivity index (χ1n) is 12.7. The fourth-order valence-corrected chi connectivity index (χ4v) is 5.46. The second-order valence-electron chi connectivity index (χ2n) is 10.0. The van der Waals surface area contributed by atoms with Crippen LogP contribution >= 0.6 is 11.6 Å². The Morgan fingerprint density at radius 3 is 2.59 bits per heavy atom.